The van der Waals surface area contributed by atoms with Crippen LogP contribution in [-0.4, -0.2) is 20.0 Å². The molecule has 0 N–H and O–H groups in total. The van der Waals surface area contributed by atoms with Crippen molar-refractivity contribution in [1.82, 2.24) is 0 Å². The van der Waals surface area contributed by atoms with Crippen molar-refractivity contribution in [2.75, 3.05) is 14.2 Å². The maximum Gasteiger partial charge on any atom is 0.246 e. The number of hydrogen-bond donors (Lipinski definition) is 0. The Hall–Kier alpha value is -3.89. The molecule has 0 amide bonds. The van der Waals surface area contributed by atoms with Gasteiger partial charge in [0.15, 0.2) is 18.6 Å². The maximum atomic E-state index is 15.8. The van der Waals surface area contributed by atoms with Crippen molar-refractivity contribution in [3.8, 4) is 34.5 Å². The van der Waals surface area contributed by atoms with Crippen LogP contribution in [-0.2, 0) is 4.57 Å². The molecule has 0 fully saturated rings. The fraction of sp³-hybridized carbons (Fsp3) is 0.273. The van der Waals surface area contributed by atoms with Gasteiger partial charge in [0, 0.05) is 29.8 Å². The molecular weight excluding hydrogens is 523 g/mol. The zero-order valence-electron chi connectivity index (χ0n) is 24.2. The Kier molecular flexibility index (Phi) is 7.09. The first-order chi connectivity index (χ1) is 19.0. The Morgan fingerprint density at radius 2 is 1.15 bits per heavy atom. The molecule has 7 heteroatoms. The number of methoxy groups -OCH3 is 2. The minimum Gasteiger partial charge on any atom is -0.496 e. The molecule has 6 nitrogen and oxygen atoms in total. The second-order valence-corrected chi connectivity index (χ2v) is 13.4. The van der Waals surface area contributed by atoms with Crippen molar-refractivity contribution in [3.05, 3.63) is 89.0 Å². The number of para-hydroxylation sites is 1. The second kappa shape index (κ2) is 10.3. The fourth-order valence-corrected chi connectivity index (χ4v) is 8.45. The predicted molar refractivity (Wildman–Crippen MR) is 160 cm³/mol. The molecule has 4 aromatic carbocycles. The highest BCUT2D eigenvalue weighted by Crippen LogP contribution is 2.52. The van der Waals surface area contributed by atoms with E-state index in [2.05, 4.69) is 0 Å². The molecular formula is C33H35O6P. The van der Waals surface area contributed by atoms with Crippen molar-refractivity contribution in [2.45, 2.75) is 47.3 Å². The zero-order chi connectivity index (χ0) is 28.8. The van der Waals surface area contributed by atoms with Crippen LogP contribution in [0.2, 0.25) is 0 Å². The smallest absolute Gasteiger partial charge is 0.246 e. The molecule has 0 radical (unpaired) electrons. The average molecular weight is 559 g/mol. The lowest BCUT2D eigenvalue weighted by molar-refractivity contribution is -0.0438. The molecule has 0 aliphatic carbocycles. The van der Waals surface area contributed by atoms with Crippen molar-refractivity contribution in [2.24, 2.45) is 0 Å². The van der Waals surface area contributed by atoms with E-state index in [1.54, 1.807) is 14.2 Å². The van der Waals surface area contributed by atoms with Crippen LogP contribution in [0.4, 0.5) is 0 Å². The van der Waals surface area contributed by atoms with Crippen LogP contribution in [0.15, 0.2) is 66.7 Å². The van der Waals surface area contributed by atoms with Crippen LogP contribution < -0.4 is 39.6 Å². The van der Waals surface area contributed by atoms with Crippen LogP contribution in [0.25, 0.3) is 0 Å². The minimum atomic E-state index is -3.48. The van der Waals surface area contributed by atoms with Gasteiger partial charge in [0.2, 0.25) is 11.5 Å². The molecule has 0 bridgehead atoms. The zero-order valence-corrected chi connectivity index (χ0v) is 25.1. The summed E-state index contributed by atoms with van der Waals surface area (Å²) in [4.78, 5) is 0. The van der Waals surface area contributed by atoms with Gasteiger partial charge in [-0.3, -0.25) is 0 Å². The third-order valence-electron chi connectivity index (χ3n) is 7.07. The summed E-state index contributed by atoms with van der Waals surface area (Å²) in [5, 5.41) is 1.96. The van der Waals surface area contributed by atoms with Gasteiger partial charge in [0.25, 0.3) is 0 Å². The Labute approximate surface area is 236 Å². The van der Waals surface area contributed by atoms with Gasteiger partial charge in [0.1, 0.15) is 17.2 Å². The third kappa shape index (κ3) is 4.82. The molecule has 0 unspecified atom stereocenters. The molecule has 1 aliphatic heterocycles. The largest absolute Gasteiger partial charge is 0.496 e. The normalized spacial score (nSPS) is 13.7. The summed E-state index contributed by atoms with van der Waals surface area (Å²) in [7, 11) is -0.176. The van der Waals surface area contributed by atoms with E-state index in [0.29, 0.717) is 38.9 Å². The molecule has 0 atom stereocenters. The van der Waals surface area contributed by atoms with Gasteiger partial charge in [-0.25, -0.2) is 0 Å². The van der Waals surface area contributed by atoms with Crippen molar-refractivity contribution in [3.63, 3.8) is 0 Å². The molecule has 0 saturated carbocycles. The van der Waals surface area contributed by atoms with Gasteiger partial charge in [-0.1, -0.05) is 18.2 Å². The molecule has 0 saturated heterocycles. The van der Waals surface area contributed by atoms with Crippen LogP contribution >= 0.6 is 7.14 Å². The summed E-state index contributed by atoms with van der Waals surface area (Å²) in [6.45, 7) is 11.6. The van der Waals surface area contributed by atoms with Crippen molar-refractivity contribution in [1.29, 1.82) is 0 Å². The molecule has 1 aliphatic rings. The number of benzene rings is 4. The second-order valence-electron chi connectivity index (χ2n) is 10.6. The summed E-state index contributed by atoms with van der Waals surface area (Å²) < 4.78 is 45.7. The van der Waals surface area contributed by atoms with Crippen molar-refractivity contribution < 1.29 is 28.2 Å². The van der Waals surface area contributed by atoms with Crippen LogP contribution in [0.1, 0.15) is 36.1 Å². The number of hydrogen-bond acceptors (Lipinski definition) is 6. The van der Waals surface area contributed by atoms with E-state index in [4.69, 9.17) is 23.7 Å². The van der Waals surface area contributed by atoms with Gasteiger partial charge in [-0.2, -0.15) is 0 Å². The lowest BCUT2D eigenvalue weighted by Crippen LogP contribution is -2.30. The summed E-state index contributed by atoms with van der Waals surface area (Å²) in [5.41, 5.74) is 3.62. The minimum absolute atomic E-state index is 0.438. The summed E-state index contributed by atoms with van der Waals surface area (Å²) >= 11 is 0. The molecule has 0 spiro atoms. The molecule has 1 heterocycles. The quantitative estimate of drug-likeness (QED) is 0.231. The lowest BCUT2D eigenvalue weighted by Gasteiger charge is -2.24. The van der Waals surface area contributed by atoms with E-state index < -0.39 is 12.9 Å². The monoisotopic (exact) mass is 558 g/mol. The first-order valence-corrected chi connectivity index (χ1v) is 14.9. The Bertz CT molecular complexity index is 1530. The first-order valence-electron chi connectivity index (χ1n) is 13.2. The summed E-state index contributed by atoms with van der Waals surface area (Å²) in [6.07, 6.45) is 0. The first kappa shape index (κ1) is 27.7. The Morgan fingerprint density at radius 3 is 1.62 bits per heavy atom. The van der Waals surface area contributed by atoms with Crippen LogP contribution in [0, 0.1) is 27.7 Å². The highest BCUT2D eigenvalue weighted by atomic mass is 31.2. The van der Waals surface area contributed by atoms with Gasteiger partial charge in [0.05, 0.1) is 14.2 Å². The molecule has 40 heavy (non-hydrogen) atoms. The number of ether oxygens (including phenoxy) is 5. The lowest BCUT2D eigenvalue weighted by atomic mass is 10.1. The van der Waals surface area contributed by atoms with Crippen LogP contribution in [0.3, 0.4) is 0 Å². The topological polar surface area (TPSA) is 63.2 Å². The Balaban J connectivity index is 1.81. The molecule has 5 rings (SSSR count). The predicted octanol–water partition coefficient (Wildman–Crippen LogP) is 6.88. The number of aryl methyl sites for hydroxylation is 4. The molecule has 4 aromatic rings. The van der Waals surface area contributed by atoms with E-state index in [1.165, 1.54) is 0 Å². The van der Waals surface area contributed by atoms with Gasteiger partial charge in [-0.05, 0) is 98.5 Å². The van der Waals surface area contributed by atoms with Gasteiger partial charge >= 0.3 is 0 Å². The number of rotatable bonds is 7. The highest BCUT2D eigenvalue weighted by Gasteiger charge is 2.39. The van der Waals surface area contributed by atoms with E-state index in [0.717, 1.165) is 33.8 Å². The SMILES string of the molecule is COc1c(C)cc(P(=O)(c2cc(C)c(OC)c(C)c2)c2cc(Oc3ccccc3)c3c(c2)OC(C)(C)O3)cc1C. The summed E-state index contributed by atoms with van der Waals surface area (Å²) in [6, 6.07) is 20.9. The van der Waals surface area contributed by atoms with E-state index in [9.17, 15) is 0 Å². The van der Waals surface area contributed by atoms with Crippen molar-refractivity contribution >= 4 is 23.1 Å². The number of fused-ring (bicyclic) bond motifs is 1. The van der Waals surface area contributed by atoms with Gasteiger partial charge < -0.3 is 28.2 Å². The standard InChI is InChI=1S/C33H35O6P/c1-20-14-25(15-21(2)30(20)35-7)40(34,26-16-22(3)31(36-8)23(4)17-26)27-18-28(37-24-12-10-9-11-13-24)32-29(19-27)38-33(5,6)39-32/h9-19H,1-8H3. The van der Waals surface area contributed by atoms with Gasteiger partial charge in [-0.15, -0.1) is 0 Å². The van der Waals surface area contributed by atoms with E-state index in [1.807, 2.05) is 108 Å². The fourth-order valence-electron chi connectivity index (χ4n) is 5.45. The summed E-state index contributed by atoms with van der Waals surface area (Å²) in [5.74, 6) is 2.69. The molecule has 0 aromatic heterocycles. The molecule has 208 valence electrons. The third-order valence-corrected chi connectivity index (χ3v) is 10.0. The van der Waals surface area contributed by atoms with E-state index >= 15 is 4.57 Å². The maximum absolute atomic E-state index is 15.8. The Morgan fingerprint density at radius 1 is 0.675 bits per heavy atom. The average Bonchev–Trinajstić information content (AvgIpc) is 3.22. The highest BCUT2D eigenvalue weighted by molar-refractivity contribution is 7.85. The van der Waals surface area contributed by atoms with E-state index in [-0.39, 0.29) is 0 Å². The van der Waals surface area contributed by atoms with Crippen LogP contribution in [0.5, 0.6) is 34.5 Å².